The molecular formula is C21H25N3O3. The van der Waals surface area contributed by atoms with Gasteiger partial charge in [0, 0.05) is 23.8 Å². The number of nitrogens with one attached hydrogen (secondary N) is 2. The minimum Gasteiger partial charge on any atom is -0.459 e. The van der Waals surface area contributed by atoms with Gasteiger partial charge in [-0.1, -0.05) is 0 Å². The fraction of sp³-hybridized carbons (Fsp3) is 0.619. The van der Waals surface area contributed by atoms with Gasteiger partial charge in [-0.25, -0.2) is 9.78 Å². The molecule has 4 bridgehead atoms. The van der Waals surface area contributed by atoms with E-state index in [1.54, 1.807) is 6.20 Å². The molecule has 7 rings (SSSR count). The summed E-state index contributed by atoms with van der Waals surface area (Å²) < 4.78 is 5.57. The number of carbonyl (C=O) groups excluding carboxylic acids is 1. The van der Waals surface area contributed by atoms with Gasteiger partial charge in [-0.3, -0.25) is 0 Å². The van der Waals surface area contributed by atoms with E-state index in [2.05, 4.69) is 15.3 Å². The average molecular weight is 367 g/mol. The molecule has 27 heavy (non-hydrogen) atoms. The number of pyridine rings is 1. The summed E-state index contributed by atoms with van der Waals surface area (Å²) in [5.74, 6) is 1.32. The first-order chi connectivity index (χ1) is 13.1. The van der Waals surface area contributed by atoms with Crippen LogP contribution >= 0.6 is 0 Å². The summed E-state index contributed by atoms with van der Waals surface area (Å²) in [5.41, 5.74) is 1.70. The first kappa shape index (κ1) is 15.9. The van der Waals surface area contributed by atoms with E-state index >= 15 is 0 Å². The van der Waals surface area contributed by atoms with E-state index in [4.69, 9.17) is 4.74 Å². The van der Waals surface area contributed by atoms with Crippen LogP contribution in [0, 0.1) is 17.8 Å². The highest BCUT2D eigenvalue weighted by molar-refractivity contribution is 6.04. The molecule has 0 aromatic carbocycles. The number of rotatable bonds is 4. The standard InChI is InChI=1S/C21H25N3O3/c25-20(27-14-1-2-14)16-10-23-19-15(3-4-22-19)18(16)24-17-12-5-11-6-13(17)9-21(26,7-11)8-12/h3-4,10-14,17,26H,1-2,5-9H2,(H2,22,23,24)/t11?,12-,13+,17?,21?. The summed E-state index contributed by atoms with van der Waals surface area (Å²) in [5, 5.41) is 15.5. The molecule has 3 N–H and O–H groups in total. The first-order valence-electron chi connectivity index (χ1n) is 10.2. The molecule has 0 radical (unpaired) electrons. The number of esters is 1. The Morgan fingerprint density at radius 2 is 2.04 bits per heavy atom. The van der Waals surface area contributed by atoms with E-state index in [0.29, 0.717) is 29.4 Å². The van der Waals surface area contributed by atoms with Gasteiger partial charge in [0.25, 0.3) is 0 Å². The van der Waals surface area contributed by atoms with Crippen molar-refractivity contribution in [2.45, 2.75) is 62.7 Å². The molecule has 6 nitrogen and oxygen atoms in total. The van der Waals surface area contributed by atoms with Gasteiger partial charge in [0.1, 0.15) is 17.3 Å². The monoisotopic (exact) mass is 367 g/mol. The zero-order chi connectivity index (χ0) is 18.2. The SMILES string of the molecule is O=C(OC1CC1)c1cnc2[nH]ccc2c1NC1[C@@H]2CC3C[C@H]1CC(O)(C3)C2. The normalized spacial score (nSPS) is 36.9. The second-order valence-corrected chi connectivity index (χ2v) is 9.26. The second-order valence-electron chi connectivity index (χ2n) is 9.26. The minimum atomic E-state index is -0.454. The van der Waals surface area contributed by atoms with Gasteiger partial charge >= 0.3 is 5.97 Å². The zero-order valence-corrected chi connectivity index (χ0v) is 15.3. The molecule has 2 aromatic heterocycles. The summed E-state index contributed by atoms with van der Waals surface area (Å²) >= 11 is 0. The Balaban J connectivity index is 1.36. The van der Waals surface area contributed by atoms with Crippen molar-refractivity contribution in [1.82, 2.24) is 9.97 Å². The first-order valence-corrected chi connectivity index (χ1v) is 10.2. The highest BCUT2D eigenvalue weighted by atomic mass is 16.5. The number of anilines is 1. The van der Waals surface area contributed by atoms with Crippen molar-refractivity contribution in [3.8, 4) is 0 Å². The highest BCUT2D eigenvalue weighted by Crippen LogP contribution is 2.56. The number of carbonyl (C=O) groups is 1. The van der Waals surface area contributed by atoms with E-state index in [1.165, 1.54) is 12.8 Å². The van der Waals surface area contributed by atoms with E-state index in [-0.39, 0.29) is 12.1 Å². The Bertz CT molecular complexity index is 903. The van der Waals surface area contributed by atoms with Gasteiger partial charge in [0.2, 0.25) is 0 Å². The van der Waals surface area contributed by atoms with Crippen LogP contribution in [0.25, 0.3) is 11.0 Å². The maximum atomic E-state index is 12.7. The number of ether oxygens (including phenoxy) is 1. The third-order valence-corrected chi connectivity index (χ3v) is 7.16. The Kier molecular flexibility index (Phi) is 3.23. The largest absolute Gasteiger partial charge is 0.459 e. The van der Waals surface area contributed by atoms with Crippen molar-refractivity contribution in [2.24, 2.45) is 17.8 Å². The predicted molar refractivity (Wildman–Crippen MR) is 100 cm³/mol. The van der Waals surface area contributed by atoms with E-state index in [9.17, 15) is 9.90 Å². The summed E-state index contributed by atoms with van der Waals surface area (Å²) in [7, 11) is 0. The molecular weight excluding hydrogens is 342 g/mol. The number of hydrogen-bond donors (Lipinski definition) is 3. The summed E-state index contributed by atoms with van der Waals surface area (Å²) in [6, 6.07) is 2.28. The molecule has 2 heterocycles. The molecule has 5 aliphatic rings. The lowest BCUT2D eigenvalue weighted by molar-refractivity contribution is -0.129. The Labute approximate surface area is 157 Å². The molecule has 5 fully saturated rings. The number of fused-ring (bicyclic) bond motifs is 1. The quantitative estimate of drug-likeness (QED) is 0.722. The van der Waals surface area contributed by atoms with E-state index in [0.717, 1.165) is 48.8 Å². The number of H-pyrrole nitrogens is 1. The van der Waals surface area contributed by atoms with Crippen LogP contribution in [0.2, 0.25) is 0 Å². The van der Waals surface area contributed by atoms with E-state index in [1.807, 2.05) is 12.3 Å². The fourth-order valence-corrected chi connectivity index (χ4v) is 6.10. The van der Waals surface area contributed by atoms with Gasteiger partial charge in [-0.05, 0) is 68.8 Å². The lowest BCUT2D eigenvalue weighted by Gasteiger charge is -2.58. The van der Waals surface area contributed by atoms with Crippen LogP contribution in [0.3, 0.4) is 0 Å². The smallest absolute Gasteiger partial charge is 0.342 e. The lowest BCUT2D eigenvalue weighted by Crippen LogP contribution is -2.59. The maximum absolute atomic E-state index is 12.7. The molecule has 6 heteroatoms. The third kappa shape index (κ3) is 2.57. The van der Waals surface area contributed by atoms with Gasteiger partial charge in [0.15, 0.2) is 0 Å². The van der Waals surface area contributed by atoms with Crippen LogP contribution < -0.4 is 5.32 Å². The molecule has 0 saturated heterocycles. The van der Waals surface area contributed by atoms with Crippen molar-refractivity contribution < 1.29 is 14.6 Å². The molecule has 0 spiro atoms. The Morgan fingerprint density at radius 1 is 1.26 bits per heavy atom. The summed E-state index contributed by atoms with van der Waals surface area (Å²) in [6.45, 7) is 0. The second kappa shape index (κ2) is 5.47. The fourth-order valence-electron chi connectivity index (χ4n) is 6.10. The zero-order valence-electron chi connectivity index (χ0n) is 15.3. The van der Waals surface area contributed by atoms with Gasteiger partial charge in [-0.2, -0.15) is 0 Å². The Hall–Kier alpha value is -2.08. The third-order valence-electron chi connectivity index (χ3n) is 7.16. The van der Waals surface area contributed by atoms with Crippen molar-refractivity contribution in [3.63, 3.8) is 0 Å². The van der Waals surface area contributed by atoms with Gasteiger partial charge in [-0.15, -0.1) is 0 Å². The van der Waals surface area contributed by atoms with Gasteiger partial charge < -0.3 is 20.1 Å². The average Bonchev–Trinajstić information content (AvgIpc) is 3.29. The van der Waals surface area contributed by atoms with Crippen LogP contribution in [0.1, 0.15) is 55.3 Å². The van der Waals surface area contributed by atoms with Crippen molar-refractivity contribution in [2.75, 3.05) is 5.32 Å². The molecule has 0 amide bonds. The van der Waals surface area contributed by atoms with Crippen LogP contribution in [0.4, 0.5) is 5.69 Å². The summed E-state index contributed by atoms with van der Waals surface area (Å²) in [4.78, 5) is 20.3. The number of hydrogen-bond acceptors (Lipinski definition) is 5. The lowest BCUT2D eigenvalue weighted by atomic mass is 9.52. The molecule has 142 valence electrons. The topological polar surface area (TPSA) is 87.2 Å². The molecule has 0 aliphatic heterocycles. The minimum absolute atomic E-state index is 0.0719. The number of aliphatic hydroxyl groups is 1. The van der Waals surface area contributed by atoms with Gasteiger partial charge in [0.05, 0.1) is 11.3 Å². The Morgan fingerprint density at radius 3 is 2.74 bits per heavy atom. The van der Waals surface area contributed by atoms with Crippen LogP contribution in [0.5, 0.6) is 0 Å². The number of aromatic nitrogens is 2. The van der Waals surface area contributed by atoms with E-state index < -0.39 is 5.60 Å². The van der Waals surface area contributed by atoms with Crippen molar-refractivity contribution in [3.05, 3.63) is 24.0 Å². The molecule has 5 saturated carbocycles. The maximum Gasteiger partial charge on any atom is 0.342 e. The van der Waals surface area contributed by atoms with Crippen LogP contribution in [-0.4, -0.2) is 38.8 Å². The van der Waals surface area contributed by atoms with Crippen molar-refractivity contribution in [1.29, 1.82) is 0 Å². The molecule has 5 atom stereocenters. The number of aromatic amines is 1. The number of nitrogens with zero attached hydrogens (tertiary/aromatic N) is 1. The highest BCUT2D eigenvalue weighted by Gasteiger charge is 2.54. The van der Waals surface area contributed by atoms with Crippen molar-refractivity contribution >= 4 is 22.7 Å². The summed E-state index contributed by atoms with van der Waals surface area (Å²) in [6.07, 6.45) is 10.6. The molecule has 5 aliphatic carbocycles. The predicted octanol–water partition coefficient (Wildman–Crippen LogP) is 3.23. The van der Waals surface area contributed by atoms with Crippen LogP contribution in [0.15, 0.2) is 18.5 Å². The van der Waals surface area contributed by atoms with Crippen LogP contribution in [-0.2, 0) is 4.74 Å². The molecule has 3 unspecified atom stereocenters. The molecule has 2 aromatic rings.